The second-order valence-electron chi connectivity index (χ2n) is 3.73. The van der Waals surface area contributed by atoms with Gasteiger partial charge in [0.1, 0.15) is 12.4 Å². The van der Waals surface area contributed by atoms with E-state index in [1.165, 1.54) is 12.4 Å². The minimum Gasteiger partial charge on any atom is -0.383 e. The summed E-state index contributed by atoms with van der Waals surface area (Å²) in [6, 6.07) is 0. The fourth-order valence-corrected chi connectivity index (χ4v) is 1.31. The highest BCUT2D eigenvalue weighted by Crippen LogP contribution is 2.14. The van der Waals surface area contributed by atoms with Crippen molar-refractivity contribution >= 4 is 17.5 Å². The van der Waals surface area contributed by atoms with Crippen molar-refractivity contribution in [1.29, 1.82) is 0 Å². The van der Waals surface area contributed by atoms with Crippen molar-refractivity contribution in [3.8, 4) is 0 Å². The maximum absolute atomic E-state index is 12.1. The summed E-state index contributed by atoms with van der Waals surface area (Å²) in [5.41, 5.74) is 6.93. The van der Waals surface area contributed by atoms with E-state index in [0.29, 0.717) is 17.5 Å². The Morgan fingerprint density at radius 3 is 2.89 bits per heavy atom. The third-order valence-corrected chi connectivity index (χ3v) is 2.23. The zero-order valence-corrected chi connectivity index (χ0v) is 9.64. The van der Waals surface area contributed by atoms with Crippen LogP contribution >= 0.6 is 0 Å². The Morgan fingerprint density at radius 1 is 1.44 bits per heavy atom. The van der Waals surface area contributed by atoms with Crippen LogP contribution in [0.15, 0.2) is 18.6 Å². The summed E-state index contributed by atoms with van der Waals surface area (Å²) in [5.74, 6) is 0.669. The first-order chi connectivity index (χ1) is 8.54. The van der Waals surface area contributed by atoms with Crippen LogP contribution in [0.4, 0.5) is 26.2 Å². The Morgan fingerprint density at radius 2 is 2.22 bits per heavy atom. The van der Waals surface area contributed by atoms with Crippen molar-refractivity contribution < 1.29 is 8.78 Å². The Hall–Kier alpha value is -2.25. The van der Waals surface area contributed by atoms with Crippen molar-refractivity contribution in [1.82, 2.24) is 19.7 Å². The van der Waals surface area contributed by atoms with Gasteiger partial charge in [0.25, 0.3) is 6.43 Å². The molecule has 0 bridgehead atoms. The van der Waals surface area contributed by atoms with Crippen molar-refractivity contribution in [2.24, 2.45) is 0 Å². The lowest BCUT2D eigenvalue weighted by Crippen LogP contribution is -2.06. The van der Waals surface area contributed by atoms with Crippen LogP contribution in [0, 0.1) is 6.92 Å². The first kappa shape index (κ1) is 12.2. The lowest BCUT2D eigenvalue weighted by molar-refractivity contribution is 0.122. The number of aromatic nitrogens is 4. The average molecular weight is 254 g/mol. The lowest BCUT2D eigenvalue weighted by Gasteiger charge is -2.03. The van der Waals surface area contributed by atoms with Crippen LogP contribution < -0.4 is 11.1 Å². The summed E-state index contributed by atoms with van der Waals surface area (Å²) < 4.78 is 25.4. The summed E-state index contributed by atoms with van der Waals surface area (Å²) >= 11 is 0. The zero-order chi connectivity index (χ0) is 13.1. The monoisotopic (exact) mass is 254 g/mol. The molecule has 0 saturated carbocycles. The van der Waals surface area contributed by atoms with Crippen molar-refractivity contribution in [2.45, 2.75) is 19.9 Å². The summed E-state index contributed by atoms with van der Waals surface area (Å²) in [6.45, 7) is 1.35. The van der Waals surface area contributed by atoms with Gasteiger partial charge in [-0.2, -0.15) is 10.1 Å². The number of nitrogens with zero attached hydrogens (tertiary/aromatic N) is 4. The fourth-order valence-electron chi connectivity index (χ4n) is 1.31. The minimum atomic E-state index is -2.44. The second kappa shape index (κ2) is 4.94. The Kier molecular flexibility index (Phi) is 3.35. The molecule has 2 rings (SSSR count). The van der Waals surface area contributed by atoms with Gasteiger partial charge < -0.3 is 11.1 Å². The van der Waals surface area contributed by atoms with Gasteiger partial charge in [-0.15, -0.1) is 0 Å². The zero-order valence-electron chi connectivity index (χ0n) is 9.64. The molecule has 0 fully saturated rings. The molecule has 0 amide bonds. The van der Waals surface area contributed by atoms with Gasteiger partial charge in [0, 0.05) is 18.0 Å². The molecule has 2 heterocycles. The number of anilines is 3. The van der Waals surface area contributed by atoms with Crippen molar-refractivity contribution in [3.63, 3.8) is 0 Å². The van der Waals surface area contributed by atoms with Gasteiger partial charge in [-0.3, -0.25) is 4.68 Å². The highest BCUT2D eigenvalue weighted by Gasteiger charge is 2.07. The average Bonchev–Trinajstić information content (AvgIpc) is 2.70. The summed E-state index contributed by atoms with van der Waals surface area (Å²) in [5, 5.41) is 6.61. The summed E-state index contributed by atoms with van der Waals surface area (Å²) in [7, 11) is 0. The number of nitrogens with one attached hydrogen (secondary N) is 1. The molecule has 0 aliphatic heterocycles. The Labute approximate surface area is 102 Å². The number of hydrogen-bond acceptors (Lipinski definition) is 5. The molecule has 2 aromatic heterocycles. The van der Waals surface area contributed by atoms with Crippen LogP contribution in [0.25, 0.3) is 0 Å². The SMILES string of the molecule is Cc1cnc(Nc2cnn(CC(F)F)c2)nc1N. The lowest BCUT2D eigenvalue weighted by atomic mass is 10.3. The molecule has 3 N–H and O–H groups in total. The van der Waals surface area contributed by atoms with Crippen LogP contribution in [0.2, 0.25) is 0 Å². The van der Waals surface area contributed by atoms with Gasteiger partial charge in [-0.25, -0.2) is 13.8 Å². The first-order valence-corrected chi connectivity index (χ1v) is 5.21. The van der Waals surface area contributed by atoms with Gasteiger partial charge in [-0.1, -0.05) is 0 Å². The molecule has 0 radical (unpaired) electrons. The number of hydrogen-bond donors (Lipinski definition) is 2. The van der Waals surface area contributed by atoms with Gasteiger partial charge in [0.2, 0.25) is 5.95 Å². The van der Waals surface area contributed by atoms with E-state index in [1.54, 1.807) is 13.1 Å². The van der Waals surface area contributed by atoms with E-state index >= 15 is 0 Å². The number of nitrogen functional groups attached to an aromatic ring is 1. The molecule has 0 saturated heterocycles. The molecule has 0 unspecified atom stereocenters. The molecular formula is C10H12F2N6. The van der Waals surface area contributed by atoms with E-state index in [9.17, 15) is 8.78 Å². The molecule has 18 heavy (non-hydrogen) atoms. The molecule has 6 nitrogen and oxygen atoms in total. The molecular weight excluding hydrogens is 242 g/mol. The highest BCUT2D eigenvalue weighted by molar-refractivity contribution is 5.53. The summed E-state index contributed by atoms with van der Waals surface area (Å²) in [4.78, 5) is 8.03. The number of rotatable bonds is 4. The third-order valence-electron chi connectivity index (χ3n) is 2.23. The minimum absolute atomic E-state index is 0.301. The van der Waals surface area contributed by atoms with E-state index < -0.39 is 13.0 Å². The third kappa shape index (κ3) is 2.90. The highest BCUT2D eigenvalue weighted by atomic mass is 19.3. The van der Waals surface area contributed by atoms with Gasteiger partial charge >= 0.3 is 0 Å². The first-order valence-electron chi connectivity index (χ1n) is 5.21. The van der Waals surface area contributed by atoms with E-state index in [-0.39, 0.29) is 0 Å². The molecule has 0 aromatic carbocycles. The van der Waals surface area contributed by atoms with E-state index in [1.807, 2.05) is 0 Å². The van der Waals surface area contributed by atoms with Crippen molar-refractivity contribution in [2.75, 3.05) is 11.1 Å². The molecule has 0 spiro atoms. The van der Waals surface area contributed by atoms with E-state index in [2.05, 4.69) is 20.4 Å². The van der Waals surface area contributed by atoms with E-state index in [4.69, 9.17) is 5.73 Å². The van der Waals surface area contributed by atoms with Gasteiger partial charge in [-0.05, 0) is 6.92 Å². The smallest absolute Gasteiger partial charge is 0.257 e. The predicted molar refractivity (Wildman–Crippen MR) is 62.7 cm³/mol. The molecule has 0 aliphatic rings. The number of alkyl halides is 2. The number of nitrogens with two attached hydrogens (primary N) is 1. The topological polar surface area (TPSA) is 81.7 Å². The van der Waals surface area contributed by atoms with Crippen LogP contribution in [-0.4, -0.2) is 26.2 Å². The fraction of sp³-hybridized carbons (Fsp3) is 0.300. The molecule has 0 aliphatic carbocycles. The largest absolute Gasteiger partial charge is 0.383 e. The standard InChI is InChI=1S/C10H12F2N6/c1-6-2-14-10(17-9(6)13)16-7-3-15-18(4-7)5-8(11)12/h2-4,8H,5H2,1H3,(H3,13,14,16,17). The maximum Gasteiger partial charge on any atom is 0.257 e. The van der Waals surface area contributed by atoms with Gasteiger partial charge in [0.15, 0.2) is 0 Å². The Balaban J connectivity index is 2.08. The molecule has 8 heteroatoms. The van der Waals surface area contributed by atoms with Gasteiger partial charge in [0.05, 0.1) is 11.9 Å². The summed E-state index contributed by atoms with van der Waals surface area (Å²) in [6.07, 6.45) is 2.01. The van der Waals surface area contributed by atoms with Crippen LogP contribution in [0.3, 0.4) is 0 Å². The molecule has 2 aromatic rings. The second-order valence-corrected chi connectivity index (χ2v) is 3.73. The maximum atomic E-state index is 12.1. The Bertz CT molecular complexity index is 539. The predicted octanol–water partition coefficient (Wildman–Crippen LogP) is 1.57. The van der Waals surface area contributed by atoms with E-state index in [0.717, 1.165) is 10.2 Å². The van der Waals surface area contributed by atoms with Crippen molar-refractivity contribution in [3.05, 3.63) is 24.2 Å². The number of aryl methyl sites for hydroxylation is 1. The molecule has 0 atom stereocenters. The van der Waals surface area contributed by atoms with Crippen LogP contribution in [0.1, 0.15) is 5.56 Å². The normalized spacial score (nSPS) is 10.9. The molecule has 96 valence electrons. The number of halogens is 2. The van der Waals surface area contributed by atoms with Crippen LogP contribution in [-0.2, 0) is 6.54 Å². The quantitative estimate of drug-likeness (QED) is 0.865. The van der Waals surface area contributed by atoms with Crippen LogP contribution in [0.5, 0.6) is 0 Å².